The van der Waals surface area contributed by atoms with E-state index in [-0.39, 0.29) is 0 Å². The van der Waals surface area contributed by atoms with E-state index in [1.54, 1.807) is 11.3 Å². The van der Waals surface area contributed by atoms with E-state index in [1.807, 2.05) is 0 Å². The van der Waals surface area contributed by atoms with E-state index >= 15 is 0 Å². The van der Waals surface area contributed by atoms with Crippen molar-refractivity contribution >= 4 is 40.5 Å². The van der Waals surface area contributed by atoms with Crippen molar-refractivity contribution in [2.45, 2.75) is 13.5 Å². The second kappa shape index (κ2) is 4.25. The number of hydrogen-bond acceptors (Lipinski definition) is 5. The van der Waals surface area contributed by atoms with Crippen LogP contribution >= 0.6 is 34.7 Å². The van der Waals surface area contributed by atoms with Crippen LogP contribution in [0, 0.1) is 6.92 Å². The highest BCUT2D eigenvalue weighted by Crippen LogP contribution is 2.20. The van der Waals surface area contributed by atoms with E-state index in [0.29, 0.717) is 11.0 Å². The van der Waals surface area contributed by atoms with Gasteiger partial charge >= 0.3 is 0 Å². The zero-order valence-electron chi connectivity index (χ0n) is 7.45. The van der Waals surface area contributed by atoms with Crippen molar-refractivity contribution in [3.8, 4) is 0 Å². The third kappa shape index (κ3) is 2.05. The molecule has 2 rings (SSSR count). The summed E-state index contributed by atoms with van der Waals surface area (Å²) in [7, 11) is 0. The number of anilines is 1. The van der Waals surface area contributed by atoms with Gasteiger partial charge in [0.25, 0.3) is 0 Å². The summed E-state index contributed by atoms with van der Waals surface area (Å²) in [5, 5.41) is 7.84. The van der Waals surface area contributed by atoms with Crippen LogP contribution in [0.2, 0.25) is 5.15 Å². The number of thiophene rings is 1. The van der Waals surface area contributed by atoms with Crippen LogP contribution in [-0.2, 0) is 6.54 Å². The molecular formula is C8H8ClN3S2. The van der Waals surface area contributed by atoms with Gasteiger partial charge in [0.1, 0.15) is 0 Å². The predicted molar refractivity (Wildman–Crippen MR) is 61.3 cm³/mol. The molecule has 0 aliphatic carbocycles. The summed E-state index contributed by atoms with van der Waals surface area (Å²) in [6, 6.07) is 0. The van der Waals surface area contributed by atoms with Crippen molar-refractivity contribution in [2.24, 2.45) is 0 Å². The lowest BCUT2D eigenvalue weighted by atomic mass is 10.2. The van der Waals surface area contributed by atoms with Gasteiger partial charge < -0.3 is 5.32 Å². The Morgan fingerprint density at radius 3 is 2.86 bits per heavy atom. The van der Waals surface area contributed by atoms with E-state index in [4.69, 9.17) is 11.6 Å². The molecule has 2 aromatic heterocycles. The largest absolute Gasteiger partial charge is 0.362 e. The maximum Gasteiger partial charge on any atom is 0.186 e. The van der Waals surface area contributed by atoms with Crippen LogP contribution in [0.3, 0.4) is 0 Å². The zero-order chi connectivity index (χ0) is 9.97. The van der Waals surface area contributed by atoms with Gasteiger partial charge in [-0.15, -0.1) is 0 Å². The van der Waals surface area contributed by atoms with Crippen molar-refractivity contribution in [1.29, 1.82) is 0 Å². The number of nitrogens with one attached hydrogen (secondary N) is 1. The van der Waals surface area contributed by atoms with E-state index < -0.39 is 0 Å². The van der Waals surface area contributed by atoms with Crippen LogP contribution < -0.4 is 5.32 Å². The first-order valence-corrected chi connectivity index (χ1v) is 6.06. The van der Waals surface area contributed by atoms with Gasteiger partial charge in [-0.2, -0.15) is 20.1 Å². The minimum atomic E-state index is 0.447. The summed E-state index contributed by atoms with van der Waals surface area (Å²) >= 11 is 8.61. The lowest BCUT2D eigenvalue weighted by Crippen LogP contribution is -1.99. The number of hydrogen-bond donors (Lipinski definition) is 1. The third-order valence-corrected chi connectivity index (χ3v) is 3.66. The summed E-state index contributed by atoms with van der Waals surface area (Å²) in [5.41, 5.74) is 2.57. The Hall–Kier alpha value is -0.650. The van der Waals surface area contributed by atoms with Crippen LogP contribution in [0.1, 0.15) is 11.1 Å². The van der Waals surface area contributed by atoms with Crippen molar-refractivity contribution < 1.29 is 0 Å². The molecule has 0 radical (unpaired) electrons. The topological polar surface area (TPSA) is 37.8 Å². The maximum absolute atomic E-state index is 5.80. The van der Waals surface area contributed by atoms with Crippen LogP contribution in [0.15, 0.2) is 10.8 Å². The number of aryl methyl sites for hydroxylation is 1. The number of rotatable bonds is 3. The number of nitrogens with zero attached hydrogens (tertiary/aromatic N) is 2. The smallest absolute Gasteiger partial charge is 0.186 e. The van der Waals surface area contributed by atoms with E-state index in [0.717, 1.165) is 18.3 Å². The highest BCUT2D eigenvalue weighted by atomic mass is 35.5. The summed E-state index contributed by atoms with van der Waals surface area (Å²) in [6.45, 7) is 2.84. The maximum atomic E-state index is 5.80. The summed E-state index contributed by atoms with van der Waals surface area (Å²) in [4.78, 5) is 0. The molecule has 0 amide bonds. The second-order valence-corrected chi connectivity index (χ2v) is 4.47. The van der Waals surface area contributed by atoms with Gasteiger partial charge in [-0.05, 0) is 28.8 Å². The molecule has 6 heteroatoms. The molecule has 0 aliphatic heterocycles. The van der Waals surface area contributed by atoms with Gasteiger partial charge in [-0.1, -0.05) is 11.6 Å². The highest BCUT2D eigenvalue weighted by molar-refractivity contribution is 7.08. The van der Waals surface area contributed by atoms with Crippen LogP contribution in [0.5, 0.6) is 0 Å². The molecule has 14 heavy (non-hydrogen) atoms. The first-order chi connectivity index (χ1) is 6.77. The highest BCUT2D eigenvalue weighted by Gasteiger charge is 2.05. The average Bonchev–Trinajstić information content (AvgIpc) is 2.72. The molecular weight excluding hydrogens is 238 g/mol. The van der Waals surface area contributed by atoms with Gasteiger partial charge in [0.2, 0.25) is 0 Å². The van der Waals surface area contributed by atoms with Crippen LogP contribution in [0.25, 0.3) is 0 Å². The van der Waals surface area contributed by atoms with Gasteiger partial charge in [0.15, 0.2) is 11.0 Å². The van der Waals surface area contributed by atoms with E-state index in [1.165, 1.54) is 11.1 Å². The van der Waals surface area contributed by atoms with Crippen LogP contribution in [-0.4, -0.2) is 8.75 Å². The summed E-state index contributed by atoms with van der Waals surface area (Å²) in [6.07, 6.45) is 0. The van der Waals surface area contributed by atoms with Crippen molar-refractivity contribution in [3.63, 3.8) is 0 Å². The molecule has 0 spiro atoms. The van der Waals surface area contributed by atoms with Gasteiger partial charge in [0, 0.05) is 6.54 Å². The fourth-order valence-electron chi connectivity index (χ4n) is 1.03. The molecule has 2 heterocycles. The average molecular weight is 246 g/mol. The minimum Gasteiger partial charge on any atom is -0.362 e. The summed E-state index contributed by atoms with van der Waals surface area (Å²) in [5.74, 6) is 0.669. The molecule has 3 nitrogen and oxygen atoms in total. The van der Waals surface area contributed by atoms with Gasteiger partial charge in [-0.3, -0.25) is 0 Å². The fourth-order valence-corrected chi connectivity index (χ4v) is 2.57. The fraction of sp³-hybridized carbons (Fsp3) is 0.250. The Kier molecular flexibility index (Phi) is 3.00. The molecule has 0 saturated carbocycles. The minimum absolute atomic E-state index is 0.447. The molecule has 0 saturated heterocycles. The predicted octanol–water partition coefficient (Wildman–Crippen LogP) is 3.17. The molecule has 0 aliphatic rings. The Morgan fingerprint density at radius 2 is 2.29 bits per heavy atom. The van der Waals surface area contributed by atoms with Crippen LogP contribution in [0.4, 0.5) is 5.82 Å². The van der Waals surface area contributed by atoms with E-state index in [2.05, 4.69) is 31.7 Å². The first kappa shape index (κ1) is 9.89. The number of halogens is 1. The SMILES string of the molecule is Cc1cscc1CNc1nsnc1Cl. The van der Waals surface area contributed by atoms with Crippen molar-refractivity contribution in [1.82, 2.24) is 8.75 Å². The first-order valence-electron chi connectivity index (χ1n) is 4.01. The lowest BCUT2D eigenvalue weighted by molar-refractivity contribution is 1.12. The molecule has 0 bridgehead atoms. The third-order valence-electron chi connectivity index (χ3n) is 1.86. The molecule has 0 atom stereocenters. The number of aromatic nitrogens is 2. The molecule has 0 unspecified atom stereocenters. The zero-order valence-corrected chi connectivity index (χ0v) is 9.84. The van der Waals surface area contributed by atoms with Gasteiger partial charge in [-0.25, -0.2) is 0 Å². The Labute approximate surface area is 95.1 Å². The van der Waals surface area contributed by atoms with Gasteiger partial charge in [0.05, 0.1) is 11.7 Å². The standard InChI is InChI=1S/C8H8ClN3S2/c1-5-3-13-4-6(5)2-10-8-7(9)11-14-12-8/h3-4H,2H2,1H3,(H,10,12). The molecule has 2 aromatic rings. The summed E-state index contributed by atoms with van der Waals surface area (Å²) < 4.78 is 7.91. The Balaban J connectivity index is 2.02. The molecule has 74 valence electrons. The normalized spacial score (nSPS) is 10.4. The Morgan fingerprint density at radius 1 is 1.43 bits per heavy atom. The molecule has 0 aromatic carbocycles. The Bertz CT molecular complexity index is 383. The lowest BCUT2D eigenvalue weighted by Gasteiger charge is -2.01. The second-order valence-electron chi connectivity index (χ2n) is 2.84. The molecule has 1 N–H and O–H groups in total. The van der Waals surface area contributed by atoms with Crippen molar-refractivity contribution in [3.05, 3.63) is 27.0 Å². The quantitative estimate of drug-likeness (QED) is 0.903. The molecule has 0 fully saturated rings. The monoisotopic (exact) mass is 245 g/mol. The van der Waals surface area contributed by atoms with E-state index in [9.17, 15) is 0 Å². The van der Waals surface area contributed by atoms with Crippen molar-refractivity contribution in [2.75, 3.05) is 5.32 Å².